The van der Waals surface area contributed by atoms with Crippen molar-refractivity contribution in [3.8, 4) is 182 Å². The molecule has 120 heavy (non-hydrogen) atoms. The molecule has 0 spiro atoms. The number of ether oxygens (including phenoxy) is 6. The van der Waals surface area contributed by atoms with Crippen LogP contribution in [0.4, 0.5) is 0 Å². The Balaban J connectivity index is 0.000000141. The van der Waals surface area contributed by atoms with Gasteiger partial charge < -0.3 is 28.4 Å². The zero-order valence-corrected chi connectivity index (χ0v) is 68.3. The summed E-state index contributed by atoms with van der Waals surface area (Å²) in [6, 6.07) is 82.9. The summed E-state index contributed by atoms with van der Waals surface area (Å²) in [5, 5.41) is 55.7. The number of nitriles is 4. The summed E-state index contributed by atoms with van der Waals surface area (Å²) in [5.74, 6) is 6.14. The van der Waals surface area contributed by atoms with E-state index in [4.69, 9.17) is 67.2 Å². The molecule has 0 saturated carbocycles. The molecule has 0 aliphatic rings. The Bertz CT molecular complexity index is 6290. The molecule has 0 bridgehead atoms. The summed E-state index contributed by atoms with van der Waals surface area (Å²) in [6.45, 7) is 8.68. The van der Waals surface area contributed by atoms with Crippen molar-refractivity contribution < 1.29 is 28.4 Å². The Labute approximate surface area is 704 Å². The van der Waals surface area contributed by atoms with Gasteiger partial charge in [0.1, 0.15) is 93.9 Å². The van der Waals surface area contributed by atoms with E-state index in [-0.39, 0.29) is 26.2 Å². The fourth-order valence-electron chi connectivity index (χ4n) is 13.5. The molecule has 0 aliphatic heterocycles. The van der Waals surface area contributed by atoms with Gasteiger partial charge in [-0.3, -0.25) is 28.7 Å². The average Bonchev–Trinajstić information content (AvgIpc) is 1.63. The minimum atomic E-state index is 0.145. The highest BCUT2D eigenvalue weighted by atomic mass is 35.5. The van der Waals surface area contributed by atoms with Crippen LogP contribution >= 0.6 is 23.2 Å². The van der Waals surface area contributed by atoms with Crippen molar-refractivity contribution in [3.05, 3.63) is 313 Å². The summed E-state index contributed by atoms with van der Waals surface area (Å²) < 4.78 is 40.2. The predicted molar refractivity (Wildman–Crippen MR) is 465 cm³/mol. The number of halogens is 2. The Kier molecular flexibility index (Phi) is 27.0. The molecule has 0 N–H and O–H groups in total. The van der Waals surface area contributed by atoms with Crippen LogP contribution in [0.2, 0.25) is 10.3 Å². The van der Waals surface area contributed by atoms with Gasteiger partial charge in [-0.2, -0.15) is 41.4 Å². The van der Waals surface area contributed by atoms with Crippen molar-refractivity contribution in [2.24, 2.45) is 0 Å². The molecule has 8 heterocycles. The van der Waals surface area contributed by atoms with Crippen molar-refractivity contribution >= 4 is 23.2 Å². The number of nitrogens with zero attached hydrogens (tertiary/aromatic N) is 16. The standard InChI is InChI=1S/2C30H24N4O2.2C18H15ClN4O/c1-21-16-24(18-27(17-21)35-2)30-28(20-34(33-30)15-13-31)23-12-14-32-29(19-23)22-8-10-26(11-9-22)36-25-6-4-3-5-7-25;1-21-16-24(18-27(17-21)35-2)30-28(20-33-34(30)15-13-31)23-12-14-32-29(19-23)22-8-10-26(11-9-22)36-25-6-4-3-5-7-25;1-12-7-14(9-15(8-12)24-2)18-16(11-23(22-18)6-4-20)13-3-5-21-17(19)10-13;1-12-7-14(9-15(8-12)24-2)18-16(11-22-23(18)6-4-20)13-3-5-21-17(19)10-13/h2*3-12,14,16-20H,15H2,1-2H3;2*3,5,7-11H,6H2,1-2H3. The fourth-order valence-corrected chi connectivity index (χ4v) is 13.8. The lowest BCUT2D eigenvalue weighted by molar-refractivity contribution is 0.414. The number of benzene rings is 8. The molecular weight excluding hydrogens is 1540 g/mol. The predicted octanol–water partition coefficient (Wildman–Crippen LogP) is 22.0. The Morgan fingerprint density at radius 1 is 0.308 bits per heavy atom. The van der Waals surface area contributed by atoms with Gasteiger partial charge in [-0.15, -0.1) is 0 Å². The third-order valence-corrected chi connectivity index (χ3v) is 19.2. The quantitative estimate of drug-likeness (QED) is 0.0570. The Morgan fingerprint density at radius 2 is 0.625 bits per heavy atom. The van der Waals surface area contributed by atoms with Crippen LogP contribution in [0.15, 0.2) is 280 Å². The molecule has 8 aromatic heterocycles. The fraction of sp³-hybridized carbons (Fsp3) is 0.125. The number of para-hydroxylation sites is 2. The Hall–Kier alpha value is -15.5. The highest BCUT2D eigenvalue weighted by molar-refractivity contribution is 6.30. The second-order valence-corrected chi connectivity index (χ2v) is 28.1. The van der Waals surface area contributed by atoms with E-state index in [0.29, 0.717) is 10.3 Å². The summed E-state index contributed by atoms with van der Waals surface area (Å²) >= 11 is 12.0. The highest BCUT2D eigenvalue weighted by Crippen LogP contribution is 2.41. The molecule has 8 aromatic carbocycles. The van der Waals surface area contributed by atoms with Crippen LogP contribution in [0.25, 0.3) is 112 Å². The van der Waals surface area contributed by atoms with E-state index in [0.717, 1.165) is 180 Å². The van der Waals surface area contributed by atoms with Gasteiger partial charge in [-0.25, -0.2) is 9.97 Å². The molecule has 0 aliphatic carbocycles. The monoisotopic (exact) mass is 1620 g/mol. The summed E-state index contributed by atoms with van der Waals surface area (Å²) in [7, 11) is 6.57. The van der Waals surface area contributed by atoms with E-state index in [9.17, 15) is 10.5 Å². The molecule has 0 fully saturated rings. The van der Waals surface area contributed by atoms with Gasteiger partial charge in [0.2, 0.25) is 0 Å². The maximum Gasteiger partial charge on any atom is 0.129 e. The third kappa shape index (κ3) is 20.6. The van der Waals surface area contributed by atoms with Crippen LogP contribution in [0, 0.1) is 73.0 Å². The smallest absolute Gasteiger partial charge is 0.129 e. The minimum Gasteiger partial charge on any atom is -0.497 e. The largest absolute Gasteiger partial charge is 0.497 e. The van der Waals surface area contributed by atoms with E-state index < -0.39 is 0 Å². The van der Waals surface area contributed by atoms with Crippen LogP contribution in [-0.2, 0) is 26.2 Å². The maximum atomic E-state index is 9.38. The van der Waals surface area contributed by atoms with Gasteiger partial charge in [0, 0.05) is 92.8 Å². The zero-order chi connectivity index (χ0) is 84.0. The molecule has 0 saturated heterocycles. The number of hydrogen-bond donors (Lipinski definition) is 0. The van der Waals surface area contributed by atoms with E-state index in [2.05, 4.69) is 71.6 Å². The van der Waals surface area contributed by atoms with E-state index >= 15 is 0 Å². The lowest BCUT2D eigenvalue weighted by atomic mass is 9.99. The van der Waals surface area contributed by atoms with Gasteiger partial charge in [-0.05, 0) is 266 Å². The van der Waals surface area contributed by atoms with E-state index in [1.165, 1.54) is 0 Å². The Morgan fingerprint density at radius 3 is 0.975 bits per heavy atom. The lowest BCUT2D eigenvalue weighted by Gasteiger charge is -2.12. The van der Waals surface area contributed by atoms with Crippen LogP contribution in [0.1, 0.15) is 22.3 Å². The molecular formula is C96H78Cl2N16O6. The summed E-state index contributed by atoms with van der Waals surface area (Å²) in [6.07, 6.45) is 14.2. The number of aromatic nitrogens is 12. The molecule has 16 aromatic rings. The first-order valence-electron chi connectivity index (χ1n) is 37.7. The number of hydrogen-bond acceptors (Lipinski definition) is 18. The zero-order valence-electron chi connectivity index (χ0n) is 66.7. The van der Waals surface area contributed by atoms with Crippen molar-refractivity contribution in [2.75, 3.05) is 28.4 Å². The molecule has 0 atom stereocenters. The van der Waals surface area contributed by atoms with Crippen molar-refractivity contribution in [3.63, 3.8) is 0 Å². The summed E-state index contributed by atoms with van der Waals surface area (Å²) in [4.78, 5) is 17.2. The SMILES string of the molecule is COc1cc(C)cc(-c2c(-c3ccnc(-c4ccc(Oc5ccccc5)cc4)c3)cnn2CC#N)c1.COc1cc(C)cc(-c2c(-c3ccnc(Cl)c3)cnn2CC#N)c1.COc1cc(C)cc(-c2nn(CC#N)cc2-c2ccnc(-c3ccc(Oc4ccccc4)cc3)c2)c1.COc1cc(C)cc(-c2nn(CC#N)cc2-c2ccnc(Cl)c2)c1. The van der Waals surface area contributed by atoms with Crippen LogP contribution < -0.4 is 28.4 Å². The molecule has 0 unspecified atom stereocenters. The van der Waals surface area contributed by atoms with E-state index in [1.807, 2.05) is 246 Å². The van der Waals surface area contributed by atoms with E-state index in [1.54, 1.807) is 96.5 Å². The second kappa shape index (κ2) is 39.3. The number of rotatable bonds is 22. The first kappa shape index (κ1) is 82.5. The molecule has 22 nitrogen and oxygen atoms in total. The normalized spacial score (nSPS) is 10.5. The van der Waals surface area contributed by atoms with Gasteiger partial charge in [0.05, 0.1) is 87.9 Å². The first-order chi connectivity index (χ1) is 58.5. The first-order valence-corrected chi connectivity index (χ1v) is 38.5. The second-order valence-electron chi connectivity index (χ2n) is 27.4. The van der Waals surface area contributed by atoms with Gasteiger partial charge >= 0.3 is 0 Å². The average molecular weight is 1620 g/mol. The summed E-state index contributed by atoms with van der Waals surface area (Å²) in [5.41, 5.74) is 22.2. The number of methoxy groups -OCH3 is 4. The van der Waals surface area contributed by atoms with Gasteiger partial charge in [0.25, 0.3) is 0 Å². The van der Waals surface area contributed by atoms with Crippen molar-refractivity contribution in [2.45, 2.75) is 53.9 Å². The number of aryl methyl sites for hydroxylation is 4. The van der Waals surface area contributed by atoms with Crippen LogP contribution in [0.5, 0.6) is 46.0 Å². The minimum absolute atomic E-state index is 0.145. The maximum absolute atomic E-state index is 9.38. The van der Waals surface area contributed by atoms with Gasteiger partial charge in [-0.1, -0.05) is 59.6 Å². The molecule has 592 valence electrons. The molecule has 24 heteroatoms. The molecule has 0 radical (unpaired) electrons. The van der Waals surface area contributed by atoms with Crippen LogP contribution in [-0.4, -0.2) is 87.5 Å². The topological polar surface area (TPSA) is 273 Å². The van der Waals surface area contributed by atoms with Crippen LogP contribution in [0.3, 0.4) is 0 Å². The van der Waals surface area contributed by atoms with Crippen molar-refractivity contribution in [1.82, 2.24) is 59.1 Å². The molecule has 16 rings (SSSR count). The highest BCUT2D eigenvalue weighted by Gasteiger charge is 2.22. The lowest BCUT2D eigenvalue weighted by Crippen LogP contribution is -2.01. The van der Waals surface area contributed by atoms with Gasteiger partial charge in [0.15, 0.2) is 0 Å². The molecule has 0 amide bonds. The number of pyridine rings is 4. The van der Waals surface area contributed by atoms with Crippen molar-refractivity contribution in [1.29, 1.82) is 21.0 Å². The third-order valence-electron chi connectivity index (χ3n) is 18.8.